The zero-order valence-corrected chi connectivity index (χ0v) is 18.1. The van der Waals surface area contributed by atoms with Crippen LogP contribution in [0.5, 0.6) is 0 Å². The highest BCUT2D eigenvalue weighted by molar-refractivity contribution is 5.96. The lowest BCUT2D eigenvalue weighted by atomic mass is 9.49. The number of esters is 1. The van der Waals surface area contributed by atoms with E-state index in [0.717, 1.165) is 69.4 Å². The highest BCUT2D eigenvalue weighted by Gasteiger charge is 2.54. The zero-order valence-electron chi connectivity index (χ0n) is 18.1. The van der Waals surface area contributed by atoms with Crippen molar-refractivity contribution in [2.75, 3.05) is 25.0 Å². The number of benzene rings is 1. The van der Waals surface area contributed by atoms with Crippen molar-refractivity contribution in [2.24, 2.45) is 23.2 Å². The maximum Gasteiger partial charge on any atom is 0.338 e. The molecule has 5 fully saturated rings. The van der Waals surface area contributed by atoms with Gasteiger partial charge in [-0.3, -0.25) is 9.59 Å². The zero-order chi connectivity index (χ0) is 21.4. The number of likely N-dealkylation sites (tertiary alicyclic amines) is 1. The van der Waals surface area contributed by atoms with E-state index in [0.29, 0.717) is 11.3 Å². The molecule has 31 heavy (non-hydrogen) atoms. The third-order valence-corrected chi connectivity index (χ3v) is 7.93. The molecular weight excluding hydrogens is 392 g/mol. The number of ether oxygens (including phenoxy) is 1. The van der Waals surface area contributed by atoms with E-state index in [4.69, 9.17) is 4.74 Å². The van der Waals surface area contributed by atoms with Crippen molar-refractivity contribution in [3.63, 3.8) is 0 Å². The Kier molecular flexibility index (Phi) is 5.49. The Morgan fingerprint density at radius 2 is 1.48 bits per heavy atom. The van der Waals surface area contributed by atoms with Crippen LogP contribution in [0.4, 0.5) is 5.69 Å². The molecule has 0 spiro atoms. The van der Waals surface area contributed by atoms with Gasteiger partial charge in [0.05, 0.1) is 11.0 Å². The van der Waals surface area contributed by atoms with Gasteiger partial charge in [-0.25, -0.2) is 4.79 Å². The average molecular weight is 425 g/mol. The Hall–Kier alpha value is -2.37. The first-order chi connectivity index (χ1) is 15.0. The number of piperidine rings is 1. The van der Waals surface area contributed by atoms with E-state index in [-0.39, 0.29) is 23.8 Å². The summed E-state index contributed by atoms with van der Waals surface area (Å²) >= 11 is 0. The quantitative estimate of drug-likeness (QED) is 0.725. The lowest BCUT2D eigenvalue weighted by molar-refractivity contribution is -0.140. The van der Waals surface area contributed by atoms with Crippen LogP contribution in [0.3, 0.4) is 0 Å². The molecule has 1 heterocycles. The Morgan fingerprint density at radius 1 is 0.903 bits per heavy atom. The predicted octanol–water partition coefficient (Wildman–Crippen LogP) is 4.01. The van der Waals surface area contributed by atoms with Crippen molar-refractivity contribution in [1.29, 1.82) is 0 Å². The van der Waals surface area contributed by atoms with Gasteiger partial charge in [-0.15, -0.1) is 0 Å². The van der Waals surface area contributed by atoms with Crippen LogP contribution in [0.1, 0.15) is 68.1 Å². The first-order valence-electron chi connectivity index (χ1n) is 11.9. The fraction of sp³-hybridized carbons (Fsp3) is 0.640. The molecule has 6 heteroatoms. The summed E-state index contributed by atoms with van der Waals surface area (Å²) in [6.45, 7) is 1.27. The molecule has 0 radical (unpaired) electrons. The summed E-state index contributed by atoms with van der Waals surface area (Å²) in [5.41, 5.74) is 0.905. The smallest absolute Gasteiger partial charge is 0.338 e. The van der Waals surface area contributed by atoms with E-state index in [1.807, 2.05) is 0 Å². The Bertz CT molecular complexity index is 821. The average Bonchev–Trinajstić information content (AvgIpc) is 2.77. The fourth-order valence-electron chi connectivity index (χ4n) is 6.79. The van der Waals surface area contributed by atoms with Crippen LogP contribution in [0.25, 0.3) is 0 Å². The lowest BCUT2D eigenvalue weighted by Crippen LogP contribution is -2.51. The second kappa shape index (κ2) is 8.29. The largest absolute Gasteiger partial charge is 0.452 e. The van der Waals surface area contributed by atoms with Crippen molar-refractivity contribution >= 4 is 23.5 Å². The summed E-state index contributed by atoms with van der Waals surface area (Å²) in [5, 5.41) is 3.11. The molecule has 166 valence electrons. The molecule has 6 nitrogen and oxygen atoms in total. The molecule has 4 aliphatic carbocycles. The molecule has 0 atom stereocenters. The van der Waals surface area contributed by atoms with E-state index < -0.39 is 5.97 Å². The lowest BCUT2D eigenvalue weighted by Gasteiger charge is -2.55. The highest BCUT2D eigenvalue weighted by atomic mass is 16.5. The van der Waals surface area contributed by atoms with Gasteiger partial charge in [0.2, 0.25) is 5.91 Å². The van der Waals surface area contributed by atoms with Crippen LogP contribution in [0, 0.1) is 23.2 Å². The Balaban J connectivity index is 1.15. The number of rotatable bonds is 5. The number of nitrogens with zero attached hydrogens (tertiary/aromatic N) is 1. The molecule has 0 aromatic heterocycles. The number of nitrogens with one attached hydrogen (secondary N) is 1. The summed E-state index contributed by atoms with van der Waals surface area (Å²) < 4.78 is 5.21. The molecular formula is C25H32N2O4. The topological polar surface area (TPSA) is 75.7 Å². The minimum Gasteiger partial charge on any atom is -0.452 e. The van der Waals surface area contributed by atoms with Gasteiger partial charge in [0.15, 0.2) is 6.61 Å². The van der Waals surface area contributed by atoms with Crippen molar-refractivity contribution in [2.45, 2.75) is 57.8 Å². The molecule has 2 amide bonds. The van der Waals surface area contributed by atoms with Crippen molar-refractivity contribution in [3.8, 4) is 0 Å². The van der Waals surface area contributed by atoms with E-state index >= 15 is 0 Å². The first kappa shape index (κ1) is 20.5. The number of anilines is 1. The minimum atomic E-state index is -0.510. The maximum absolute atomic E-state index is 13.2. The van der Waals surface area contributed by atoms with E-state index in [1.54, 1.807) is 29.2 Å². The van der Waals surface area contributed by atoms with E-state index in [9.17, 15) is 14.4 Å². The van der Waals surface area contributed by atoms with Crippen LogP contribution in [0.15, 0.2) is 24.3 Å². The normalized spacial score (nSPS) is 31.4. The number of carbonyl (C=O) groups excluding carboxylic acids is 3. The van der Waals surface area contributed by atoms with Gasteiger partial charge in [-0.2, -0.15) is 0 Å². The molecule has 1 aliphatic heterocycles. The number of hydrogen-bond donors (Lipinski definition) is 1. The van der Waals surface area contributed by atoms with Crippen LogP contribution in [0.2, 0.25) is 0 Å². The highest BCUT2D eigenvalue weighted by Crippen LogP contribution is 2.60. The summed E-state index contributed by atoms with van der Waals surface area (Å²) in [4.78, 5) is 39.4. The van der Waals surface area contributed by atoms with Crippen molar-refractivity contribution in [1.82, 2.24) is 4.90 Å². The number of carbonyl (C=O) groups is 3. The van der Waals surface area contributed by atoms with Crippen molar-refractivity contribution in [3.05, 3.63) is 29.8 Å². The summed E-state index contributed by atoms with van der Waals surface area (Å²) in [7, 11) is 0. The molecule has 4 saturated carbocycles. The summed E-state index contributed by atoms with van der Waals surface area (Å²) in [6, 6.07) is 6.81. The van der Waals surface area contributed by atoms with Gasteiger partial charge < -0.3 is 15.0 Å². The number of hydrogen-bond acceptors (Lipinski definition) is 4. The third kappa shape index (κ3) is 4.21. The third-order valence-electron chi connectivity index (χ3n) is 7.93. The van der Waals surface area contributed by atoms with Gasteiger partial charge in [-0.1, -0.05) is 0 Å². The minimum absolute atomic E-state index is 0.132. The number of amides is 2. The van der Waals surface area contributed by atoms with Gasteiger partial charge in [0.25, 0.3) is 5.91 Å². The van der Waals surface area contributed by atoms with Crippen LogP contribution in [-0.2, 0) is 14.3 Å². The predicted molar refractivity (Wildman–Crippen MR) is 116 cm³/mol. The van der Waals surface area contributed by atoms with Gasteiger partial charge in [0.1, 0.15) is 0 Å². The van der Waals surface area contributed by atoms with Crippen LogP contribution >= 0.6 is 0 Å². The SMILES string of the molecule is O=C(OCC(=O)N1CCCCC1)c1ccc(NC(=O)C23CC4CC(CC(C4)C2)C3)cc1. The second-order valence-corrected chi connectivity index (χ2v) is 10.2. The molecule has 1 aromatic rings. The van der Waals surface area contributed by atoms with Gasteiger partial charge in [-0.05, 0) is 99.8 Å². The standard InChI is InChI=1S/C25H32N2O4/c28-22(27-8-2-1-3-9-27)16-31-23(29)20-4-6-21(7-5-20)26-24(30)25-13-17-10-18(14-25)12-19(11-17)15-25/h4-7,17-19H,1-3,8-16H2,(H,26,30). The second-order valence-electron chi connectivity index (χ2n) is 10.2. The Morgan fingerprint density at radius 3 is 2.06 bits per heavy atom. The molecule has 1 N–H and O–H groups in total. The molecule has 1 saturated heterocycles. The first-order valence-corrected chi connectivity index (χ1v) is 11.9. The molecule has 6 rings (SSSR count). The van der Waals surface area contributed by atoms with E-state index in [2.05, 4.69) is 5.32 Å². The van der Waals surface area contributed by atoms with E-state index in [1.165, 1.54) is 19.3 Å². The van der Waals surface area contributed by atoms with Crippen LogP contribution < -0.4 is 5.32 Å². The van der Waals surface area contributed by atoms with Crippen molar-refractivity contribution < 1.29 is 19.1 Å². The molecule has 4 bridgehead atoms. The molecule has 0 unspecified atom stereocenters. The molecule has 1 aromatic carbocycles. The monoisotopic (exact) mass is 424 g/mol. The summed E-state index contributed by atoms with van der Waals surface area (Å²) in [5.74, 6) is 1.68. The van der Waals surface area contributed by atoms with Crippen LogP contribution in [-0.4, -0.2) is 42.4 Å². The fourth-order valence-corrected chi connectivity index (χ4v) is 6.79. The summed E-state index contributed by atoms with van der Waals surface area (Å²) in [6.07, 6.45) is 10.2. The maximum atomic E-state index is 13.2. The molecule has 5 aliphatic rings. The Labute approximate surface area is 183 Å². The van der Waals surface area contributed by atoms with Gasteiger partial charge >= 0.3 is 5.97 Å². The van der Waals surface area contributed by atoms with Gasteiger partial charge in [0, 0.05) is 18.8 Å².